The second-order valence-corrected chi connectivity index (χ2v) is 16.7. The highest BCUT2D eigenvalue weighted by atomic mass is 16.6. The lowest BCUT2D eigenvalue weighted by atomic mass is 10.1. The summed E-state index contributed by atoms with van der Waals surface area (Å²) in [5.41, 5.74) is 0. The average Bonchev–Trinajstić information content (AvgIpc) is 3.24. The van der Waals surface area contributed by atoms with E-state index in [2.05, 4.69) is 81.5 Å². The van der Waals surface area contributed by atoms with Gasteiger partial charge >= 0.3 is 17.9 Å². The lowest BCUT2D eigenvalue weighted by Crippen LogP contribution is -2.30. The van der Waals surface area contributed by atoms with Crippen molar-refractivity contribution in [2.45, 2.75) is 252 Å². The molecule has 0 heterocycles. The molecule has 346 valence electrons. The van der Waals surface area contributed by atoms with Crippen LogP contribution in [0.2, 0.25) is 0 Å². The van der Waals surface area contributed by atoms with Crippen LogP contribution in [-0.2, 0) is 28.6 Å². The quantitative estimate of drug-likeness (QED) is 0.0263. The molecule has 1 unspecified atom stereocenters. The summed E-state index contributed by atoms with van der Waals surface area (Å²) >= 11 is 0. The Labute approximate surface area is 370 Å². The number of rotatable bonds is 45. The minimum absolute atomic E-state index is 0.0902. The summed E-state index contributed by atoms with van der Waals surface area (Å²) in [7, 11) is 0. The van der Waals surface area contributed by atoms with E-state index in [9.17, 15) is 14.4 Å². The van der Waals surface area contributed by atoms with E-state index < -0.39 is 6.10 Å². The summed E-state index contributed by atoms with van der Waals surface area (Å²) in [6.45, 7) is 6.47. The zero-order valence-electron chi connectivity index (χ0n) is 39.5. The van der Waals surface area contributed by atoms with Crippen molar-refractivity contribution >= 4 is 17.9 Å². The minimum Gasteiger partial charge on any atom is -0.462 e. The van der Waals surface area contributed by atoms with E-state index in [0.29, 0.717) is 19.3 Å². The van der Waals surface area contributed by atoms with Crippen molar-refractivity contribution in [1.29, 1.82) is 0 Å². The molecule has 6 heteroatoms. The first-order valence-corrected chi connectivity index (χ1v) is 25.3. The molecule has 0 aromatic carbocycles. The molecule has 0 N–H and O–H groups in total. The topological polar surface area (TPSA) is 78.9 Å². The Morgan fingerprint density at radius 3 is 1.07 bits per heavy atom. The van der Waals surface area contributed by atoms with Crippen LogP contribution in [0.3, 0.4) is 0 Å². The molecule has 0 rings (SSSR count). The molecule has 0 amide bonds. The van der Waals surface area contributed by atoms with Gasteiger partial charge in [0.15, 0.2) is 6.10 Å². The monoisotopic (exact) mass is 839 g/mol. The van der Waals surface area contributed by atoms with Crippen molar-refractivity contribution in [3.05, 3.63) is 60.8 Å². The van der Waals surface area contributed by atoms with Crippen LogP contribution in [0.15, 0.2) is 60.8 Å². The Morgan fingerprint density at radius 2 is 0.650 bits per heavy atom. The van der Waals surface area contributed by atoms with Crippen LogP contribution in [-0.4, -0.2) is 37.2 Å². The van der Waals surface area contributed by atoms with Gasteiger partial charge in [0.2, 0.25) is 0 Å². The molecule has 0 aromatic rings. The maximum absolute atomic E-state index is 12.8. The van der Waals surface area contributed by atoms with E-state index in [1.54, 1.807) is 0 Å². The third kappa shape index (κ3) is 46.2. The number of unbranched alkanes of at least 4 members (excludes halogenated alkanes) is 24. The molecule has 0 aliphatic carbocycles. The third-order valence-corrected chi connectivity index (χ3v) is 10.7. The average molecular weight is 839 g/mol. The van der Waals surface area contributed by atoms with Crippen LogP contribution < -0.4 is 0 Å². The molecule has 0 radical (unpaired) electrons. The standard InChI is InChI=1S/C54H94O6/c1-4-7-10-13-16-19-22-25-27-30-32-35-38-41-44-47-53(56)59-50-51(49-58-52(55)46-43-40-37-34-31-28-24-21-18-15-12-9-6-3)60-54(57)48-45-42-39-36-33-29-26-23-20-17-14-11-8-5-2/h8,11,17,19-20,22,26,28-29,31,51H,4-7,9-10,12-16,18,21,23-25,27,30,32-50H2,1-3H3/b11-8-,20-17-,22-19-,29-26-,31-28-. The first-order valence-electron chi connectivity index (χ1n) is 25.3. The fraction of sp³-hybridized carbons (Fsp3) is 0.759. The zero-order valence-corrected chi connectivity index (χ0v) is 39.5. The van der Waals surface area contributed by atoms with Crippen LogP contribution in [0.5, 0.6) is 0 Å². The Hall–Kier alpha value is -2.89. The van der Waals surface area contributed by atoms with Gasteiger partial charge in [-0.05, 0) is 103 Å². The fourth-order valence-electron chi connectivity index (χ4n) is 6.92. The van der Waals surface area contributed by atoms with Gasteiger partial charge in [-0.2, -0.15) is 0 Å². The summed E-state index contributed by atoms with van der Waals surface area (Å²) in [5, 5.41) is 0. The first-order chi connectivity index (χ1) is 29.5. The van der Waals surface area contributed by atoms with Crippen LogP contribution in [0.4, 0.5) is 0 Å². The van der Waals surface area contributed by atoms with Crippen molar-refractivity contribution < 1.29 is 28.6 Å². The Bertz CT molecular complexity index is 1100. The van der Waals surface area contributed by atoms with Gasteiger partial charge in [-0.3, -0.25) is 14.4 Å². The molecular formula is C54H94O6. The van der Waals surface area contributed by atoms with E-state index in [0.717, 1.165) is 103 Å². The number of allylic oxidation sites excluding steroid dienone is 10. The number of esters is 3. The summed E-state index contributed by atoms with van der Waals surface area (Å²) in [5.74, 6) is -0.931. The zero-order chi connectivity index (χ0) is 43.7. The van der Waals surface area contributed by atoms with Gasteiger partial charge in [-0.1, -0.05) is 184 Å². The number of carbonyl (C=O) groups is 3. The van der Waals surface area contributed by atoms with Gasteiger partial charge in [0, 0.05) is 19.3 Å². The highest BCUT2D eigenvalue weighted by molar-refractivity contribution is 5.71. The van der Waals surface area contributed by atoms with Crippen molar-refractivity contribution in [2.24, 2.45) is 0 Å². The summed E-state index contributed by atoms with van der Waals surface area (Å²) in [4.78, 5) is 37.9. The lowest BCUT2D eigenvalue weighted by Gasteiger charge is -2.18. The molecule has 0 saturated carbocycles. The molecule has 0 spiro atoms. The molecule has 6 nitrogen and oxygen atoms in total. The van der Waals surface area contributed by atoms with E-state index in [4.69, 9.17) is 14.2 Å². The van der Waals surface area contributed by atoms with Gasteiger partial charge in [-0.25, -0.2) is 0 Å². The van der Waals surface area contributed by atoms with Crippen molar-refractivity contribution in [1.82, 2.24) is 0 Å². The molecule has 0 bridgehead atoms. The van der Waals surface area contributed by atoms with E-state index in [1.165, 1.54) is 103 Å². The normalized spacial score (nSPS) is 12.5. The van der Waals surface area contributed by atoms with Crippen LogP contribution >= 0.6 is 0 Å². The van der Waals surface area contributed by atoms with Crippen LogP contribution in [0.25, 0.3) is 0 Å². The SMILES string of the molecule is CC/C=C\C/C=C\C/C=C\CCCCCCC(=O)OC(COC(=O)CCCCC/C=C\CCCCCCCC)COC(=O)CCCCCCCCC/C=C\CCCCCC. The van der Waals surface area contributed by atoms with Crippen LogP contribution in [0.1, 0.15) is 245 Å². The maximum Gasteiger partial charge on any atom is 0.306 e. The smallest absolute Gasteiger partial charge is 0.306 e. The molecule has 0 aliphatic rings. The maximum atomic E-state index is 12.8. The highest BCUT2D eigenvalue weighted by Gasteiger charge is 2.19. The number of hydrogen-bond acceptors (Lipinski definition) is 6. The molecule has 0 saturated heterocycles. The predicted molar refractivity (Wildman–Crippen MR) is 256 cm³/mol. The van der Waals surface area contributed by atoms with Gasteiger partial charge in [0.05, 0.1) is 0 Å². The molecule has 1 atom stereocenters. The predicted octanol–water partition coefficient (Wildman–Crippen LogP) is 16.5. The Morgan fingerprint density at radius 1 is 0.350 bits per heavy atom. The van der Waals surface area contributed by atoms with Gasteiger partial charge in [0.1, 0.15) is 13.2 Å². The Kier molecular flexibility index (Phi) is 46.4. The molecule has 0 fully saturated rings. The van der Waals surface area contributed by atoms with E-state index in [-0.39, 0.29) is 31.1 Å². The lowest BCUT2D eigenvalue weighted by molar-refractivity contribution is -0.167. The minimum atomic E-state index is -0.792. The van der Waals surface area contributed by atoms with Gasteiger partial charge < -0.3 is 14.2 Å². The molecule has 0 aromatic heterocycles. The molecule has 60 heavy (non-hydrogen) atoms. The highest BCUT2D eigenvalue weighted by Crippen LogP contribution is 2.14. The summed E-state index contributed by atoms with van der Waals surface area (Å²) in [6, 6.07) is 0. The van der Waals surface area contributed by atoms with E-state index in [1.807, 2.05) is 0 Å². The second kappa shape index (κ2) is 48.8. The Balaban J connectivity index is 4.43. The third-order valence-electron chi connectivity index (χ3n) is 10.7. The number of carbonyl (C=O) groups excluding carboxylic acids is 3. The van der Waals surface area contributed by atoms with Gasteiger partial charge in [0.25, 0.3) is 0 Å². The summed E-state index contributed by atoms with van der Waals surface area (Å²) < 4.78 is 16.7. The van der Waals surface area contributed by atoms with Crippen LogP contribution in [0, 0.1) is 0 Å². The summed E-state index contributed by atoms with van der Waals surface area (Å²) in [6.07, 6.45) is 59.1. The number of hydrogen-bond donors (Lipinski definition) is 0. The molecular weight excluding hydrogens is 745 g/mol. The van der Waals surface area contributed by atoms with E-state index >= 15 is 0 Å². The van der Waals surface area contributed by atoms with Crippen molar-refractivity contribution in [2.75, 3.05) is 13.2 Å². The van der Waals surface area contributed by atoms with Crippen molar-refractivity contribution in [3.63, 3.8) is 0 Å². The fourth-order valence-corrected chi connectivity index (χ4v) is 6.92. The first kappa shape index (κ1) is 57.1. The van der Waals surface area contributed by atoms with Crippen molar-refractivity contribution in [3.8, 4) is 0 Å². The second-order valence-electron chi connectivity index (χ2n) is 16.7. The van der Waals surface area contributed by atoms with Gasteiger partial charge in [-0.15, -0.1) is 0 Å². The molecule has 0 aliphatic heterocycles. The number of ether oxygens (including phenoxy) is 3. The largest absolute Gasteiger partial charge is 0.462 e.